The quantitative estimate of drug-likeness (QED) is 0.321. The summed E-state index contributed by atoms with van der Waals surface area (Å²) in [6.07, 6.45) is -3.07. The highest BCUT2D eigenvalue weighted by atomic mass is 16.6. The summed E-state index contributed by atoms with van der Waals surface area (Å²) in [6.45, 7) is 1.06. The number of rotatable bonds is 8. The summed E-state index contributed by atoms with van der Waals surface area (Å²) in [4.78, 5) is 23.6. The van der Waals surface area contributed by atoms with E-state index >= 15 is 0 Å². The number of benzene rings is 2. The molecule has 0 bridgehead atoms. The number of ether oxygens (including phenoxy) is 2. The number of methoxy groups -OCH3 is 1. The summed E-state index contributed by atoms with van der Waals surface area (Å²) in [7, 11) is 1.14. The third-order valence-corrected chi connectivity index (χ3v) is 5.99. The topological polar surface area (TPSA) is 156 Å². The molecule has 2 aromatic carbocycles. The van der Waals surface area contributed by atoms with Gasteiger partial charge in [0.15, 0.2) is 6.10 Å². The zero-order valence-corrected chi connectivity index (χ0v) is 20.3. The number of hydrogen-bond acceptors (Lipinski definition) is 9. The molecule has 0 saturated heterocycles. The first kappa shape index (κ1) is 26.0. The molecule has 5 atom stereocenters. The minimum absolute atomic E-state index is 0.170. The van der Waals surface area contributed by atoms with Crippen molar-refractivity contribution in [2.45, 2.75) is 43.9 Å². The van der Waals surface area contributed by atoms with Crippen LogP contribution in [0.15, 0.2) is 72.6 Å². The fourth-order valence-corrected chi connectivity index (χ4v) is 4.12. The van der Waals surface area contributed by atoms with Crippen molar-refractivity contribution >= 4 is 11.9 Å². The average molecular weight is 509 g/mol. The molecular formula is C26H28N4O7. The molecule has 0 aliphatic carbocycles. The van der Waals surface area contributed by atoms with Crippen molar-refractivity contribution in [1.82, 2.24) is 20.3 Å². The Kier molecular flexibility index (Phi) is 7.97. The fraction of sp³-hybridized carbons (Fsp3) is 0.308. The van der Waals surface area contributed by atoms with E-state index < -0.39 is 42.3 Å². The number of hydrogen-bond donors (Lipinski definition) is 4. The highest BCUT2D eigenvalue weighted by Crippen LogP contribution is 2.25. The van der Waals surface area contributed by atoms with Crippen molar-refractivity contribution < 1.29 is 34.4 Å². The molecule has 4 rings (SSSR count). The number of nitrogens with zero attached hydrogens (tertiary/aromatic N) is 3. The molecule has 0 unspecified atom stereocenters. The van der Waals surface area contributed by atoms with Gasteiger partial charge in [0.1, 0.15) is 24.0 Å². The number of aliphatic hydroxyl groups is 3. The lowest BCUT2D eigenvalue weighted by molar-refractivity contribution is -0.151. The molecular weight excluding hydrogens is 480 g/mol. The molecule has 11 heteroatoms. The van der Waals surface area contributed by atoms with Crippen LogP contribution in [0.2, 0.25) is 0 Å². The van der Waals surface area contributed by atoms with Crippen molar-refractivity contribution in [3.05, 3.63) is 72.6 Å². The first-order valence-electron chi connectivity index (χ1n) is 11.6. The van der Waals surface area contributed by atoms with Crippen molar-refractivity contribution in [3.63, 3.8) is 0 Å². The second-order valence-electron chi connectivity index (χ2n) is 8.65. The lowest BCUT2D eigenvalue weighted by Gasteiger charge is -2.38. The smallest absolute Gasteiger partial charge is 0.373 e. The predicted octanol–water partition coefficient (Wildman–Crippen LogP) is 0.655. The van der Waals surface area contributed by atoms with E-state index in [1.54, 1.807) is 6.20 Å². The Morgan fingerprint density at radius 2 is 1.73 bits per heavy atom. The van der Waals surface area contributed by atoms with E-state index in [1.165, 1.54) is 11.6 Å². The van der Waals surface area contributed by atoms with Crippen LogP contribution in [-0.2, 0) is 25.6 Å². The lowest BCUT2D eigenvalue weighted by atomic mass is 9.93. The summed E-state index contributed by atoms with van der Waals surface area (Å²) in [5, 5.41) is 42.7. The molecule has 1 aliphatic heterocycles. The van der Waals surface area contributed by atoms with Crippen LogP contribution >= 0.6 is 0 Å². The molecule has 1 aromatic heterocycles. The Morgan fingerprint density at radius 3 is 2.38 bits per heavy atom. The van der Waals surface area contributed by atoms with E-state index in [0.29, 0.717) is 5.69 Å². The Morgan fingerprint density at radius 1 is 1.08 bits per heavy atom. The van der Waals surface area contributed by atoms with E-state index in [2.05, 4.69) is 20.4 Å². The minimum atomic E-state index is -1.61. The molecule has 11 nitrogen and oxygen atoms in total. The van der Waals surface area contributed by atoms with E-state index in [9.17, 15) is 24.9 Å². The van der Waals surface area contributed by atoms with Gasteiger partial charge in [-0.05, 0) is 17.2 Å². The Bertz CT molecular complexity index is 1260. The van der Waals surface area contributed by atoms with Gasteiger partial charge in [0, 0.05) is 12.5 Å². The van der Waals surface area contributed by atoms with Gasteiger partial charge in [0.2, 0.25) is 11.7 Å². The van der Waals surface area contributed by atoms with Gasteiger partial charge in [-0.15, -0.1) is 5.10 Å². The molecule has 1 amide bonds. The Balaban J connectivity index is 1.46. The van der Waals surface area contributed by atoms with Crippen molar-refractivity contribution in [2.24, 2.45) is 0 Å². The monoisotopic (exact) mass is 508 g/mol. The molecule has 0 spiro atoms. The SMILES string of the molecule is COC(=O)C1=C[C@H](O)[C@@H](NC(C)=O)[C@H]([C@H](O)[C@H](O)Cn2cc(-c3ccc(-c4ccccc4)cc3)nn2)O1. The fourth-order valence-electron chi connectivity index (χ4n) is 4.12. The number of carbonyl (C=O) groups excluding carboxylic acids is 2. The summed E-state index contributed by atoms with van der Waals surface area (Å²) in [6, 6.07) is 16.6. The van der Waals surface area contributed by atoms with Crippen LogP contribution in [0.3, 0.4) is 0 Å². The molecule has 4 N–H and O–H groups in total. The molecule has 0 saturated carbocycles. The van der Waals surface area contributed by atoms with Crippen LogP contribution in [0.1, 0.15) is 6.92 Å². The van der Waals surface area contributed by atoms with Crippen LogP contribution in [0.5, 0.6) is 0 Å². The molecule has 194 valence electrons. The molecule has 0 radical (unpaired) electrons. The maximum Gasteiger partial charge on any atom is 0.373 e. The van der Waals surface area contributed by atoms with E-state index in [4.69, 9.17) is 4.74 Å². The largest absolute Gasteiger partial charge is 0.478 e. The van der Waals surface area contributed by atoms with Gasteiger partial charge in [-0.1, -0.05) is 59.8 Å². The maximum absolute atomic E-state index is 11.9. The summed E-state index contributed by atoms with van der Waals surface area (Å²) >= 11 is 0. The van der Waals surface area contributed by atoms with Crippen LogP contribution < -0.4 is 5.32 Å². The maximum atomic E-state index is 11.9. The van der Waals surface area contributed by atoms with Gasteiger partial charge in [-0.2, -0.15) is 0 Å². The number of aromatic nitrogens is 3. The number of esters is 1. The predicted molar refractivity (Wildman–Crippen MR) is 131 cm³/mol. The second-order valence-corrected chi connectivity index (χ2v) is 8.65. The lowest BCUT2D eigenvalue weighted by Crippen LogP contribution is -2.59. The standard InChI is InChI=1S/C26H28N4O7/c1-15(31)27-23-20(32)12-22(26(35)36-2)37-25(23)24(34)21(33)14-30-13-19(28-29-30)18-10-8-17(9-11-18)16-6-4-3-5-7-16/h3-13,20-21,23-25,32-34H,14H2,1-2H3,(H,27,31)/t20-,21+,23+,24+,25+/m0/s1. The molecule has 0 fully saturated rings. The highest BCUT2D eigenvalue weighted by molar-refractivity contribution is 5.86. The minimum Gasteiger partial charge on any atom is -0.478 e. The van der Waals surface area contributed by atoms with Gasteiger partial charge in [0.25, 0.3) is 0 Å². The summed E-state index contributed by atoms with van der Waals surface area (Å²) in [5.41, 5.74) is 3.53. The molecule has 1 aliphatic rings. The van der Waals surface area contributed by atoms with Gasteiger partial charge >= 0.3 is 5.97 Å². The van der Waals surface area contributed by atoms with Crippen LogP contribution in [0.25, 0.3) is 22.4 Å². The molecule has 2 heterocycles. The number of carbonyl (C=O) groups is 2. The summed E-state index contributed by atoms with van der Waals surface area (Å²) < 4.78 is 11.5. The van der Waals surface area contributed by atoms with Crippen LogP contribution in [0.4, 0.5) is 0 Å². The normalized spacial score (nSPS) is 20.8. The first-order chi connectivity index (χ1) is 17.8. The van der Waals surface area contributed by atoms with Crippen molar-refractivity contribution in [1.29, 1.82) is 0 Å². The van der Waals surface area contributed by atoms with Crippen molar-refractivity contribution in [3.8, 4) is 22.4 Å². The third-order valence-electron chi connectivity index (χ3n) is 5.99. The van der Waals surface area contributed by atoms with E-state index in [0.717, 1.165) is 29.9 Å². The van der Waals surface area contributed by atoms with Crippen molar-refractivity contribution in [2.75, 3.05) is 7.11 Å². The zero-order chi connectivity index (χ0) is 26.5. The summed E-state index contributed by atoms with van der Waals surface area (Å²) in [5.74, 6) is -1.70. The van der Waals surface area contributed by atoms with Crippen LogP contribution in [0, 0.1) is 0 Å². The van der Waals surface area contributed by atoms with Gasteiger partial charge in [0.05, 0.1) is 25.9 Å². The second kappa shape index (κ2) is 11.3. The average Bonchev–Trinajstić information content (AvgIpc) is 3.37. The van der Waals surface area contributed by atoms with Crippen LogP contribution in [-0.4, -0.2) is 79.8 Å². The molecule has 37 heavy (non-hydrogen) atoms. The van der Waals surface area contributed by atoms with E-state index in [-0.39, 0.29) is 12.3 Å². The Hall–Kier alpha value is -4.06. The third kappa shape index (κ3) is 6.02. The van der Waals surface area contributed by atoms with E-state index in [1.807, 2.05) is 54.6 Å². The van der Waals surface area contributed by atoms with Gasteiger partial charge in [-0.3, -0.25) is 4.79 Å². The zero-order valence-electron chi connectivity index (χ0n) is 20.3. The first-order valence-corrected chi connectivity index (χ1v) is 11.6. The Labute approximate surface area is 213 Å². The van der Waals surface area contributed by atoms with Gasteiger partial charge in [-0.25, -0.2) is 9.48 Å². The number of nitrogens with one attached hydrogen (secondary N) is 1. The van der Waals surface area contributed by atoms with Gasteiger partial charge < -0.3 is 30.1 Å². The highest BCUT2D eigenvalue weighted by Gasteiger charge is 2.43. The number of aliphatic hydroxyl groups excluding tert-OH is 3. The number of amides is 1. The molecule has 3 aromatic rings.